The number of halogens is 2. The first-order valence-corrected chi connectivity index (χ1v) is 8.59. The summed E-state index contributed by atoms with van der Waals surface area (Å²) in [5, 5.41) is 0. The fourth-order valence-corrected chi connectivity index (χ4v) is 3.14. The number of amides is 1. The van der Waals surface area contributed by atoms with E-state index in [-0.39, 0.29) is 23.4 Å². The highest BCUT2D eigenvalue weighted by atomic mass is 19.3. The topological polar surface area (TPSA) is 38.8 Å². The molecule has 1 aromatic carbocycles. The molecule has 0 heterocycles. The summed E-state index contributed by atoms with van der Waals surface area (Å²) in [6.07, 6.45) is 9.61. The molecule has 0 aliphatic heterocycles. The lowest BCUT2D eigenvalue weighted by atomic mass is 10.1. The molecule has 0 radical (unpaired) electrons. The number of methoxy groups -OCH3 is 1. The second-order valence-corrected chi connectivity index (χ2v) is 6.18. The first kappa shape index (κ1) is 19.2. The first-order chi connectivity index (χ1) is 12.0. The Hall–Kier alpha value is -2.11. The van der Waals surface area contributed by atoms with E-state index in [2.05, 4.69) is 4.74 Å². The summed E-state index contributed by atoms with van der Waals surface area (Å²) in [5.74, 6) is -0.00842. The van der Waals surface area contributed by atoms with Crippen molar-refractivity contribution in [1.82, 2.24) is 4.90 Å². The Balaban J connectivity index is 2.13. The van der Waals surface area contributed by atoms with Crippen molar-refractivity contribution in [2.24, 2.45) is 0 Å². The fraction of sp³-hybridized carbons (Fsp3) is 0.526. The van der Waals surface area contributed by atoms with Crippen LogP contribution in [0.1, 0.15) is 44.1 Å². The zero-order chi connectivity index (χ0) is 18.2. The largest absolute Gasteiger partial charge is 0.493 e. The third-order valence-corrected chi connectivity index (χ3v) is 4.56. The number of likely N-dealkylation sites (N-methyl/N-ethyl adjacent to an activating group) is 1. The van der Waals surface area contributed by atoms with Gasteiger partial charge in [-0.15, -0.1) is 0 Å². The Bertz CT molecular complexity index is 596. The molecule has 2 rings (SSSR count). The monoisotopic (exact) mass is 353 g/mol. The predicted molar refractivity (Wildman–Crippen MR) is 92.9 cm³/mol. The van der Waals surface area contributed by atoms with Gasteiger partial charge in [0, 0.05) is 24.7 Å². The maximum absolute atomic E-state index is 12.6. The molecule has 0 atom stereocenters. The van der Waals surface area contributed by atoms with Gasteiger partial charge < -0.3 is 14.4 Å². The van der Waals surface area contributed by atoms with Gasteiger partial charge in [-0.3, -0.25) is 4.79 Å². The van der Waals surface area contributed by atoms with Crippen LogP contribution >= 0.6 is 0 Å². The van der Waals surface area contributed by atoms with Gasteiger partial charge in [-0.05, 0) is 25.0 Å². The molecule has 25 heavy (non-hydrogen) atoms. The minimum atomic E-state index is -2.96. The molecular formula is C19H25F2NO3. The molecule has 138 valence electrons. The molecule has 1 aromatic rings. The molecule has 1 amide bonds. The molecule has 0 aromatic heterocycles. The number of nitrogens with zero attached hydrogens (tertiary/aromatic N) is 1. The van der Waals surface area contributed by atoms with E-state index in [1.54, 1.807) is 24.1 Å². The summed E-state index contributed by atoms with van der Waals surface area (Å²) in [6.45, 7) is -2.96. The normalized spacial score (nSPS) is 16.0. The Kier molecular flexibility index (Phi) is 7.22. The summed E-state index contributed by atoms with van der Waals surface area (Å²) >= 11 is 0. The van der Waals surface area contributed by atoms with Gasteiger partial charge in [0.25, 0.3) is 0 Å². The standard InChI is InChI=1S/C19H25F2NO3/c1-22(15-9-5-3-4-6-10-15)17(23)13-12-14-8-7-11-16(24-2)18(14)25-19(20)21/h7-8,11-13,15,19H,3-6,9-10H2,1-2H3/b13-12+. The van der Waals surface area contributed by atoms with Gasteiger partial charge in [0.2, 0.25) is 5.91 Å². The lowest BCUT2D eigenvalue weighted by molar-refractivity contribution is -0.126. The highest BCUT2D eigenvalue weighted by Gasteiger charge is 2.20. The molecule has 1 saturated carbocycles. The molecule has 1 fully saturated rings. The Morgan fingerprint density at radius 3 is 2.52 bits per heavy atom. The second kappa shape index (κ2) is 9.39. The molecule has 6 heteroatoms. The van der Waals surface area contributed by atoms with Crippen molar-refractivity contribution < 1.29 is 23.0 Å². The van der Waals surface area contributed by atoms with E-state index < -0.39 is 6.61 Å². The van der Waals surface area contributed by atoms with Crippen molar-refractivity contribution in [2.75, 3.05) is 14.2 Å². The molecule has 0 unspecified atom stereocenters. The maximum Gasteiger partial charge on any atom is 0.387 e. The highest BCUT2D eigenvalue weighted by molar-refractivity contribution is 5.92. The van der Waals surface area contributed by atoms with Crippen LogP contribution < -0.4 is 9.47 Å². The zero-order valence-electron chi connectivity index (χ0n) is 14.7. The summed E-state index contributed by atoms with van der Waals surface area (Å²) in [5.41, 5.74) is 0.377. The molecule has 0 N–H and O–H groups in total. The quantitative estimate of drug-likeness (QED) is 0.559. The van der Waals surface area contributed by atoms with Crippen LogP contribution in [0.25, 0.3) is 6.08 Å². The summed E-state index contributed by atoms with van der Waals surface area (Å²) in [7, 11) is 3.18. The molecule has 0 saturated heterocycles. The van der Waals surface area contributed by atoms with Crippen LogP contribution in [-0.2, 0) is 4.79 Å². The number of hydrogen-bond donors (Lipinski definition) is 0. The third-order valence-electron chi connectivity index (χ3n) is 4.56. The number of benzene rings is 1. The second-order valence-electron chi connectivity index (χ2n) is 6.18. The molecule has 1 aliphatic rings. The number of carbonyl (C=O) groups excluding carboxylic acids is 1. The number of alkyl halides is 2. The number of ether oxygens (including phenoxy) is 2. The molecule has 0 spiro atoms. The van der Waals surface area contributed by atoms with Crippen molar-refractivity contribution in [1.29, 1.82) is 0 Å². The molecule has 4 nitrogen and oxygen atoms in total. The van der Waals surface area contributed by atoms with E-state index in [0.29, 0.717) is 5.56 Å². The molecule has 1 aliphatic carbocycles. The Morgan fingerprint density at radius 2 is 1.92 bits per heavy atom. The van der Waals surface area contributed by atoms with Gasteiger partial charge in [0.05, 0.1) is 7.11 Å². The first-order valence-electron chi connectivity index (χ1n) is 8.59. The third kappa shape index (κ3) is 5.44. The Labute approximate surface area is 147 Å². The van der Waals surface area contributed by atoms with E-state index in [4.69, 9.17) is 4.74 Å². The highest BCUT2D eigenvalue weighted by Crippen LogP contribution is 2.33. The number of para-hydroxylation sites is 1. The minimum absolute atomic E-state index is 0.0684. The van der Waals surface area contributed by atoms with Gasteiger partial charge in [0.15, 0.2) is 11.5 Å². The average molecular weight is 353 g/mol. The Morgan fingerprint density at radius 1 is 1.24 bits per heavy atom. The van der Waals surface area contributed by atoms with Crippen LogP contribution in [0.15, 0.2) is 24.3 Å². The zero-order valence-corrected chi connectivity index (χ0v) is 14.7. The van der Waals surface area contributed by atoms with Crippen molar-refractivity contribution in [3.63, 3.8) is 0 Å². The summed E-state index contributed by atoms with van der Waals surface area (Å²) < 4.78 is 34.9. The predicted octanol–water partition coefficient (Wildman–Crippen LogP) is 4.49. The smallest absolute Gasteiger partial charge is 0.387 e. The van der Waals surface area contributed by atoms with Crippen LogP contribution in [0.4, 0.5) is 8.78 Å². The molecular weight excluding hydrogens is 328 g/mol. The average Bonchev–Trinajstić information content (AvgIpc) is 2.88. The van der Waals surface area contributed by atoms with E-state index in [9.17, 15) is 13.6 Å². The van der Waals surface area contributed by atoms with Crippen molar-refractivity contribution in [3.8, 4) is 11.5 Å². The van der Waals surface area contributed by atoms with Gasteiger partial charge in [-0.1, -0.05) is 37.8 Å². The lowest BCUT2D eigenvalue weighted by Crippen LogP contribution is -2.35. The van der Waals surface area contributed by atoms with E-state index >= 15 is 0 Å². The van der Waals surface area contributed by atoms with Crippen LogP contribution in [-0.4, -0.2) is 37.6 Å². The van der Waals surface area contributed by atoms with Crippen LogP contribution in [0.2, 0.25) is 0 Å². The van der Waals surface area contributed by atoms with Gasteiger partial charge in [0.1, 0.15) is 0 Å². The van der Waals surface area contributed by atoms with E-state index in [1.165, 1.54) is 38.2 Å². The summed E-state index contributed by atoms with van der Waals surface area (Å²) in [4.78, 5) is 14.2. The van der Waals surface area contributed by atoms with Gasteiger partial charge in [-0.25, -0.2) is 0 Å². The van der Waals surface area contributed by atoms with Crippen LogP contribution in [0, 0.1) is 0 Å². The van der Waals surface area contributed by atoms with Crippen molar-refractivity contribution >= 4 is 12.0 Å². The minimum Gasteiger partial charge on any atom is -0.493 e. The van der Waals surface area contributed by atoms with E-state index in [1.807, 2.05) is 0 Å². The molecule has 0 bridgehead atoms. The fourth-order valence-electron chi connectivity index (χ4n) is 3.14. The van der Waals surface area contributed by atoms with Crippen LogP contribution in [0.3, 0.4) is 0 Å². The van der Waals surface area contributed by atoms with E-state index in [0.717, 1.165) is 25.7 Å². The maximum atomic E-state index is 12.6. The van der Waals surface area contributed by atoms with Gasteiger partial charge >= 0.3 is 6.61 Å². The van der Waals surface area contributed by atoms with Crippen LogP contribution in [0.5, 0.6) is 11.5 Å². The van der Waals surface area contributed by atoms with Crippen molar-refractivity contribution in [3.05, 3.63) is 29.8 Å². The van der Waals surface area contributed by atoms with Gasteiger partial charge in [-0.2, -0.15) is 8.78 Å². The summed E-state index contributed by atoms with van der Waals surface area (Å²) in [6, 6.07) is 5.04. The SMILES string of the molecule is COc1cccc(/C=C/C(=O)N(C)C2CCCCCC2)c1OC(F)F. The number of carbonyl (C=O) groups is 1. The number of hydrogen-bond acceptors (Lipinski definition) is 3. The van der Waals surface area contributed by atoms with Crippen molar-refractivity contribution in [2.45, 2.75) is 51.2 Å². The number of rotatable bonds is 6. The lowest BCUT2D eigenvalue weighted by Gasteiger charge is -2.26.